The molecule has 0 radical (unpaired) electrons. The van der Waals surface area contributed by atoms with Crippen LogP contribution in [0.2, 0.25) is 0 Å². The summed E-state index contributed by atoms with van der Waals surface area (Å²) in [5.74, 6) is 1.74. The number of hydrogen-bond acceptors (Lipinski definition) is 5. The van der Waals surface area contributed by atoms with Crippen LogP contribution < -0.4 is 20.1 Å². The third kappa shape index (κ3) is 5.30. The first kappa shape index (κ1) is 20.1. The quantitative estimate of drug-likeness (QED) is 0.572. The Balaban J connectivity index is 2.85. The molecule has 0 saturated heterocycles. The van der Waals surface area contributed by atoms with Gasteiger partial charge in [-0.2, -0.15) is 0 Å². The summed E-state index contributed by atoms with van der Waals surface area (Å²) in [6, 6.07) is 5.42. The van der Waals surface area contributed by atoms with Crippen LogP contribution in [-0.4, -0.2) is 52.7 Å². The molecule has 0 aliphatic carbocycles. The van der Waals surface area contributed by atoms with Crippen LogP contribution in [0.4, 0.5) is 5.69 Å². The molecular formula is C16H27N3O4S. The molecule has 0 unspecified atom stereocenters. The number of ether oxygens (including phenoxy) is 2. The van der Waals surface area contributed by atoms with Crippen molar-refractivity contribution in [1.29, 1.82) is 0 Å². The van der Waals surface area contributed by atoms with E-state index in [2.05, 4.69) is 15.6 Å². The maximum absolute atomic E-state index is 11.8. The number of benzene rings is 1. The second-order valence-corrected chi connectivity index (χ2v) is 8.53. The van der Waals surface area contributed by atoms with Crippen molar-refractivity contribution < 1.29 is 17.9 Å². The van der Waals surface area contributed by atoms with Crippen LogP contribution in [0.3, 0.4) is 0 Å². The van der Waals surface area contributed by atoms with Crippen LogP contribution in [0, 0.1) is 0 Å². The molecule has 0 atom stereocenters. The van der Waals surface area contributed by atoms with Gasteiger partial charge >= 0.3 is 0 Å². The van der Waals surface area contributed by atoms with E-state index >= 15 is 0 Å². The zero-order valence-corrected chi connectivity index (χ0v) is 16.0. The predicted octanol–water partition coefficient (Wildman–Crippen LogP) is 1.90. The average molecular weight is 357 g/mol. The molecule has 0 aromatic heterocycles. The van der Waals surface area contributed by atoms with Crippen LogP contribution in [0.1, 0.15) is 20.8 Å². The third-order valence-corrected chi connectivity index (χ3v) is 5.79. The largest absolute Gasteiger partial charge is 0.493 e. The molecular weight excluding hydrogens is 330 g/mol. The number of methoxy groups -OCH3 is 1. The molecule has 1 aromatic carbocycles. The molecule has 8 heteroatoms. The Hall–Kier alpha value is -1.96. The van der Waals surface area contributed by atoms with E-state index in [0.717, 1.165) is 5.69 Å². The topological polar surface area (TPSA) is 89.0 Å². The van der Waals surface area contributed by atoms with E-state index in [1.54, 1.807) is 40.1 Å². The normalized spacial score (nSPS) is 12.7. The van der Waals surface area contributed by atoms with E-state index in [4.69, 9.17) is 9.47 Å². The summed E-state index contributed by atoms with van der Waals surface area (Å²) in [5, 5.41) is 6.14. The molecule has 0 aliphatic heterocycles. The lowest BCUT2D eigenvalue weighted by Gasteiger charge is -2.24. The summed E-state index contributed by atoms with van der Waals surface area (Å²) in [5.41, 5.74) is 0.754. The molecule has 0 fully saturated rings. The Morgan fingerprint density at radius 3 is 2.46 bits per heavy atom. The predicted molar refractivity (Wildman–Crippen MR) is 98.1 cm³/mol. The second kappa shape index (κ2) is 8.23. The molecule has 0 amide bonds. The van der Waals surface area contributed by atoms with E-state index in [9.17, 15) is 8.42 Å². The maximum atomic E-state index is 11.8. The minimum absolute atomic E-state index is 0.236. The lowest BCUT2D eigenvalue weighted by molar-refractivity contribution is 0.311. The molecule has 24 heavy (non-hydrogen) atoms. The minimum Gasteiger partial charge on any atom is -0.493 e. The average Bonchev–Trinajstić information content (AvgIpc) is 2.51. The molecule has 0 aliphatic rings. The van der Waals surface area contributed by atoms with Gasteiger partial charge in [-0.3, -0.25) is 4.99 Å². The Bertz CT molecular complexity index is 685. The van der Waals surface area contributed by atoms with Crippen LogP contribution >= 0.6 is 0 Å². The summed E-state index contributed by atoms with van der Waals surface area (Å²) in [7, 11) is 0.0189. The third-order valence-electron chi connectivity index (χ3n) is 3.64. The lowest BCUT2D eigenvalue weighted by Crippen LogP contribution is -2.45. The van der Waals surface area contributed by atoms with Crippen molar-refractivity contribution >= 4 is 21.5 Å². The van der Waals surface area contributed by atoms with Crippen molar-refractivity contribution in [3.63, 3.8) is 0 Å². The Morgan fingerprint density at radius 1 is 1.29 bits per heavy atom. The van der Waals surface area contributed by atoms with Crippen molar-refractivity contribution in [2.75, 3.05) is 38.9 Å². The fourth-order valence-electron chi connectivity index (χ4n) is 1.77. The van der Waals surface area contributed by atoms with E-state index in [1.807, 2.05) is 13.0 Å². The monoisotopic (exact) mass is 357 g/mol. The minimum atomic E-state index is -3.18. The fourth-order valence-corrected chi connectivity index (χ4v) is 2.10. The van der Waals surface area contributed by atoms with Gasteiger partial charge in [0, 0.05) is 31.6 Å². The van der Waals surface area contributed by atoms with Crippen LogP contribution in [-0.2, 0) is 9.84 Å². The highest BCUT2D eigenvalue weighted by Crippen LogP contribution is 2.30. The molecule has 2 N–H and O–H groups in total. The van der Waals surface area contributed by atoms with E-state index in [1.165, 1.54) is 6.26 Å². The number of anilines is 1. The number of nitrogens with zero attached hydrogens (tertiary/aromatic N) is 1. The van der Waals surface area contributed by atoms with Gasteiger partial charge in [0.05, 0.1) is 18.5 Å². The highest BCUT2D eigenvalue weighted by Gasteiger charge is 2.30. The van der Waals surface area contributed by atoms with Gasteiger partial charge in [-0.15, -0.1) is 0 Å². The van der Waals surface area contributed by atoms with Gasteiger partial charge in [-0.1, -0.05) is 0 Å². The van der Waals surface area contributed by atoms with Crippen molar-refractivity contribution in [1.82, 2.24) is 5.32 Å². The van der Waals surface area contributed by atoms with Gasteiger partial charge in [0.15, 0.2) is 27.3 Å². The smallest absolute Gasteiger partial charge is 0.195 e. The highest BCUT2D eigenvalue weighted by atomic mass is 32.2. The van der Waals surface area contributed by atoms with Crippen LogP contribution in [0.25, 0.3) is 0 Å². The Labute approximate surface area is 144 Å². The number of nitrogens with one attached hydrogen (secondary N) is 2. The SMILES string of the molecule is CCOc1cc(NC(=NC)NCC(C)(C)S(C)(=O)=O)ccc1OC. The van der Waals surface area contributed by atoms with Gasteiger partial charge in [0.1, 0.15) is 0 Å². The number of rotatable bonds is 7. The van der Waals surface area contributed by atoms with Crippen LogP contribution in [0.15, 0.2) is 23.2 Å². The van der Waals surface area contributed by atoms with Gasteiger partial charge in [-0.25, -0.2) is 8.42 Å². The number of sulfone groups is 1. The van der Waals surface area contributed by atoms with Crippen molar-refractivity contribution in [3.05, 3.63) is 18.2 Å². The van der Waals surface area contributed by atoms with E-state index in [0.29, 0.717) is 24.1 Å². The lowest BCUT2D eigenvalue weighted by atomic mass is 10.2. The zero-order chi connectivity index (χ0) is 18.4. The Morgan fingerprint density at radius 2 is 1.96 bits per heavy atom. The first-order valence-electron chi connectivity index (χ1n) is 7.62. The molecule has 0 saturated carbocycles. The molecule has 0 heterocycles. The summed E-state index contributed by atoms with van der Waals surface area (Å²) < 4.78 is 33.4. The van der Waals surface area contributed by atoms with Crippen LogP contribution in [0.5, 0.6) is 11.5 Å². The molecule has 0 spiro atoms. The maximum Gasteiger partial charge on any atom is 0.195 e. The van der Waals surface area contributed by atoms with E-state index in [-0.39, 0.29) is 6.54 Å². The summed E-state index contributed by atoms with van der Waals surface area (Å²) in [4.78, 5) is 4.11. The molecule has 1 aromatic rings. The molecule has 7 nitrogen and oxygen atoms in total. The molecule has 136 valence electrons. The molecule has 1 rings (SSSR count). The second-order valence-electron chi connectivity index (χ2n) is 5.88. The number of hydrogen-bond donors (Lipinski definition) is 2. The summed E-state index contributed by atoms with van der Waals surface area (Å²) in [6.45, 7) is 6.00. The first-order valence-corrected chi connectivity index (χ1v) is 9.52. The number of guanidine groups is 1. The summed E-state index contributed by atoms with van der Waals surface area (Å²) in [6.07, 6.45) is 1.22. The van der Waals surface area contributed by atoms with Gasteiger partial charge in [0.2, 0.25) is 0 Å². The van der Waals surface area contributed by atoms with Crippen molar-refractivity contribution in [2.45, 2.75) is 25.5 Å². The first-order chi connectivity index (χ1) is 11.1. The number of aliphatic imine (C=N–C) groups is 1. The Kier molecular flexibility index (Phi) is 6.89. The van der Waals surface area contributed by atoms with Gasteiger partial charge in [-0.05, 0) is 32.9 Å². The standard InChI is InChI=1S/C16H27N3O4S/c1-7-23-14-10-12(8-9-13(14)22-5)19-15(17-4)18-11-16(2,3)24(6,20)21/h8-10H,7,11H2,1-6H3,(H2,17,18,19). The van der Waals surface area contributed by atoms with E-state index < -0.39 is 14.6 Å². The van der Waals surface area contributed by atoms with Crippen molar-refractivity contribution in [2.24, 2.45) is 4.99 Å². The highest BCUT2D eigenvalue weighted by molar-refractivity contribution is 7.92. The van der Waals surface area contributed by atoms with Gasteiger partial charge in [0.25, 0.3) is 0 Å². The fraction of sp³-hybridized carbons (Fsp3) is 0.562. The summed E-state index contributed by atoms with van der Waals surface area (Å²) >= 11 is 0. The van der Waals surface area contributed by atoms with Crippen molar-refractivity contribution in [3.8, 4) is 11.5 Å². The van der Waals surface area contributed by atoms with Gasteiger partial charge < -0.3 is 20.1 Å². The zero-order valence-electron chi connectivity index (χ0n) is 15.1. The molecule has 0 bridgehead atoms.